The largest absolute Gasteiger partial charge is 0.493 e. The molecular weight excluding hydrogens is 408 g/mol. The number of ether oxygens (including phenoxy) is 2. The van der Waals surface area contributed by atoms with Crippen molar-refractivity contribution in [2.24, 2.45) is 0 Å². The molecule has 3 rings (SSSR count). The SMILES string of the molecule is CCCCCc1nnc(NC(=O)Cc2csc(-c3ccc(OC)c(OC)c3)n2)s1. The van der Waals surface area contributed by atoms with E-state index in [1.54, 1.807) is 14.2 Å². The molecule has 0 aliphatic carbocycles. The van der Waals surface area contributed by atoms with Crippen molar-refractivity contribution in [3.8, 4) is 22.1 Å². The van der Waals surface area contributed by atoms with Crippen molar-refractivity contribution in [3.63, 3.8) is 0 Å². The van der Waals surface area contributed by atoms with E-state index in [1.165, 1.54) is 35.5 Å². The van der Waals surface area contributed by atoms with Gasteiger partial charge in [-0.25, -0.2) is 4.98 Å². The number of aryl methyl sites for hydroxylation is 1. The van der Waals surface area contributed by atoms with Crippen LogP contribution in [0.3, 0.4) is 0 Å². The van der Waals surface area contributed by atoms with E-state index in [-0.39, 0.29) is 12.3 Å². The molecule has 0 aliphatic heterocycles. The van der Waals surface area contributed by atoms with E-state index in [9.17, 15) is 4.79 Å². The molecule has 0 saturated heterocycles. The number of thiazole rings is 1. The van der Waals surface area contributed by atoms with Crippen LogP contribution < -0.4 is 14.8 Å². The van der Waals surface area contributed by atoms with Gasteiger partial charge in [0.1, 0.15) is 10.0 Å². The second-order valence-corrected chi connectivity index (χ2v) is 8.32. The molecule has 0 saturated carbocycles. The predicted octanol–water partition coefficient (Wildman–Crippen LogP) is 4.59. The first-order valence-corrected chi connectivity index (χ1v) is 11.1. The van der Waals surface area contributed by atoms with Gasteiger partial charge in [-0.15, -0.1) is 21.5 Å². The molecule has 1 amide bonds. The maximum atomic E-state index is 12.3. The molecule has 2 aromatic heterocycles. The number of hydrogen-bond donors (Lipinski definition) is 1. The van der Waals surface area contributed by atoms with Gasteiger partial charge in [-0.3, -0.25) is 4.79 Å². The molecule has 0 unspecified atom stereocenters. The van der Waals surface area contributed by atoms with Gasteiger partial charge in [-0.2, -0.15) is 0 Å². The van der Waals surface area contributed by atoms with Gasteiger partial charge in [0.25, 0.3) is 0 Å². The second kappa shape index (κ2) is 10.3. The first-order valence-electron chi connectivity index (χ1n) is 9.42. The van der Waals surface area contributed by atoms with Crippen molar-refractivity contribution in [1.82, 2.24) is 15.2 Å². The number of unbranched alkanes of at least 4 members (excludes halogenated alkanes) is 2. The van der Waals surface area contributed by atoms with Crippen molar-refractivity contribution < 1.29 is 14.3 Å². The van der Waals surface area contributed by atoms with Crippen LogP contribution in [0, 0.1) is 0 Å². The molecule has 1 aromatic carbocycles. The van der Waals surface area contributed by atoms with Crippen LogP contribution in [0.25, 0.3) is 10.6 Å². The Morgan fingerprint density at radius 1 is 1.14 bits per heavy atom. The Kier molecular flexibility index (Phi) is 7.54. The fourth-order valence-corrected chi connectivity index (χ4v) is 4.36. The molecule has 1 N–H and O–H groups in total. The number of hydrogen-bond acceptors (Lipinski definition) is 8. The van der Waals surface area contributed by atoms with E-state index in [4.69, 9.17) is 9.47 Å². The summed E-state index contributed by atoms with van der Waals surface area (Å²) >= 11 is 2.92. The highest BCUT2D eigenvalue weighted by molar-refractivity contribution is 7.15. The first kappa shape index (κ1) is 21.2. The number of anilines is 1. The molecule has 154 valence electrons. The van der Waals surface area contributed by atoms with Gasteiger partial charge in [-0.05, 0) is 24.6 Å². The molecular formula is C20H24N4O3S2. The van der Waals surface area contributed by atoms with E-state index in [0.717, 1.165) is 28.4 Å². The van der Waals surface area contributed by atoms with Crippen molar-refractivity contribution >= 4 is 33.7 Å². The Hall–Kier alpha value is -2.52. The van der Waals surface area contributed by atoms with Crippen molar-refractivity contribution in [2.45, 2.75) is 39.0 Å². The summed E-state index contributed by atoms with van der Waals surface area (Å²) in [6.45, 7) is 2.17. The molecule has 7 nitrogen and oxygen atoms in total. The third-order valence-corrected chi connectivity index (χ3v) is 6.07. The molecule has 0 spiro atoms. The summed E-state index contributed by atoms with van der Waals surface area (Å²) in [6, 6.07) is 5.64. The van der Waals surface area contributed by atoms with Crippen LogP contribution in [0.15, 0.2) is 23.6 Å². The van der Waals surface area contributed by atoms with Gasteiger partial charge in [0.05, 0.1) is 26.3 Å². The molecule has 9 heteroatoms. The van der Waals surface area contributed by atoms with Crippen LogP contribution in [0.1, 0.15) is 36.9 Å². The minimum atomic E-state index is -0.148. The van der Waals surface area contributed by atoms with Crippen molar-refractivity contribution in [1.29, 1.82) is 0 Å². The number of amides is 1. The third-order valence-electron chi connectivity index (χ3n) is 4.23. The zero-order chi connectivity index (χ0) is 20.6. The number of carbonyl (C=O) groups excluding carboxylic acids is 1. The fourth-order valence-electron chi connectivity index (χ4n) is 2.75. The Morgan fingerprint density at radius 2 is 1.97 bits per heavy atom. The Bertz CT molecular complexity index is 955. The van der Waals surface area contributed by atoms with Crippen LogP contribution in [0.2, 0.25) is 0 Å². The van der Waals surface area contributed by atoms with Gasteiger partial charge in [-0.1, -0.05) is 31.1 Å². The summed E-state index contributed by atoms with van der Waals surface area (Å²) in [7, 11) is 3.20. The fraction of sp³-hybridized carbons (Fsp3) is 0.400. The monoisotopic (exact) mass is 432 g/mol. The number of nitrogens with zero attached hydrogens (tertiary/aromatic N) is 3. The first-order chi connectivity index (χ1) is 14.1. The minimum absolute atomic E-state index is 0.148. The van der Waals surface area contributed by atoms with Crippen LogP contribution in [0.5, 0.6) is 11.5 Å². The van der Waals surface area contributed by atoms with Crippen LogP contribution >= 0.6 is 22.7 Å². The Morgan fingerprint density at radius 3 is 2.72 bits per heavy atom. The maximum absolute atomic E-state index is 12.3. The summed E-state index contributed by atoms with van der Waals surface area (Å²) in [5, 5.41) is 15.2. The Labute approximate surface area is 178 Å². The molecule has 0 aliphatic rings. The Balaban J connectivity index is 1.59. The summed E-state index contributed by atoms with van der Waals surface area (Å²) in [6.07, 6.45) is 4.53. The van der Waals surface area contributed by atoms with E-state index >= 15 is 0 Å². The number of carbonyl (C=O) groups is 1. The number of aromatic nitrogens is 3. The summed E-state index contributed by atoms with van der Waals surface area (Å²) in [5.74, 6) is 1.16. The lowest BCUT2D eigenvalue weighted by molar-refractivity contribution is -0.115. The highest BCUT2D eigenvalue weighted by Crippen LogP contribution is 2.33. The number of nitrogens with one attached hydrogen (secondary N) is 1. The van der Waals surface area contributed by atoms with E-state index in [0.29, 0.717) is 22.3 Å². The molecule has 0 atom stereocenters. The van der Waals surface area contributed by atoms with Crippen molar-refractivity contribution in [3.05, 3.63) is 34.3 Å². The summed E-state index contributed by atoms with van der Waals surface area (Å²) < 4.78 is 10.6. The van der Waals surface area contributed by atoms with Gasteiger partial charge >= 0.3 is 0 Å². The van der Waals surface area contributed by atoms with Crippen LogP contribution in [-0.2, 0) is 17.6 Å². The highest BCUT2D eigenvalue weighted by atomic mass is 32.1. The number of rotatable bonds is 10. The number of methoxy groups -OCH3 is 2. The van der Waals surface area contributed by atoms with Gasteiger partial charge in [0, 0.05) is 17.4 Å². The molecule has 29 heavy (non-hydrogen) atoms. The van der Waals surface area contributed by atoms with Gasteiger partial charge < -0.3 is 14.8 Å². The lowest BCUT2D eigenvalue weighted by atomic mass is 10.2. The zero-order valence-corrected chi connectivity index (χ0v) is 18.4. The molecule has 0 radical (unpaired) electrons. The lowest BCUT2D eigenvalue weighted by Gasteiger charge is -2.08. The van der Waals surface area contributed by atoms with Crippen molar-refractivity contribution in [2.75, 3.05) is 19.5 Å². The quantitative estimate of drug-likeness (QED) is 0.472. The van der Waals surface area contributed by atoms with E-state index in [1.807, 2.05) is 23.6 Å². The molecule has 0 bridgehead atoms. The van der Waals surface area contributed by atoms with Gasteiger partial charge in [0.2, 0.25) is 11.0 Å². The normalized spacial score (nSPS) is 10.7. The molecule has 2 heterocycles. The van der Waals surface area contributed by atoms with Crippen LogP contribution in [0.4, 0.5) is 5.13 Å². The average molecular weight is 433 g/mol. The predicted molar refractivity (Wildman–Crippen MR) is 116 cm³/mol. The average Bonchev–Trinajstić information content (AvgIpc) is 3.37. The topological polar surface area (TPSA) is 86.2 Å². The second-order valence-electron chi connectivity index (χ2n) is 6.40. The standard InChI is InChI=1S/C20H24N4O3S2/c1-4-5-6-7-18-23-24-20(29-18)22-17(25)11-14-12-28-19(21-14)13-8-9-15(26-2)16(10-13)27-3/h8-10,12H,4-7,11H2,1-3H3,(H,22,24,25). The lowest BCUT2D eigenvalue weighted by Crippen LogP contribution is -2.14. The van der Waals surface area contributed by atoms with Crippen LogP contribution in [-0.4, -0.2) is 35.3 Å². The third kappa shape index (κ3) is 5.74. The number of benzene rings is 1. The molecule has 0 fully saturated rings. The smallest absolute Gasteiger partial charge is 0.232 e. The summed E-state index contributed by atoms with van der Waals surface area (Å²) in [4.78, 5) is 16.9. The van der Waals surface area contributed by atoms with E-state index in [2.05, 4.69) is 27.4 Å². The van der Waals surface area contributed by atoms with E-state index < -0.39 is 0 Å². The minimum Gasteiger partial charge on any atom is -0.493 e. The molecule has 3 aromatic rings. The van der Waals surface area contributed by atoms with Gasteiger partial charge in [0.15, 0.2) is 11.5 Å². The maximum Gasteiger partial charge on any atom is 0.232 e. The highest BCUT2D eigenvalue weighted by Gasteiger charge is 2.13. The summed E-state index contributed by atoms with van der Waals surface area (Å²) in [5.41, 5.74) is 1.63. The zero-order valence-electron chi connectivity index (χ0n) is 16.7.